The number of unbranched alkanes of at least 4 members (excludes halogenated alkanes) is 41. The van der Waals surface area contributed by atoms with Crippen LogP contribution in [0.25, 0.3) is 0 Å². The summed E-state index contributed by atoms with van der Waals surface area (Å²) in [4.78, 5) is 24.5. The van der Waals surface area contributed by atoms with Crippen molar-refractivity contribution in [2.24, 2.45) is 0 Å². The minimum absolute atomic E-state index is 0.00164. The number of hydrogen-bond donors (Lipinski definition) is 3. The standard InChI is InChI=1S/C58H113NO5/c1-3-5-7-9-11-13-15-17-22-26-30-34-38-42-46-50-56(61)55(54-60)59-57(62)51-47-43-39-35-31-27-24-20-19-21-25-29-33-37-41-45-49-53-64-58(63)52-48-44-40-36-32-28-23-18-16-14-12-10-8-6-4-2/h19,21,55-56,60-61H,3-18,20,22-54H2,1-2H3,(H,59,62)/b21-19-. The molecule has 2 unspecified atom stereocenters. The van der Waals surface area contributed by atoms with Gasteiger partial charge in [-0.15, -0.1) is 0 Å². The minimum atomic E-state index is -0.671. The first-order valence-corrected chi connectivity index (χ1v) is 28.9. The first-order chi connectivity index (χ1) is 31.5. The lowest BCUT2D eigenvalue weighted by Gasteiger charge is -2.22. The number of ether oxygens (including phenoxy) is 1. The van der Waals surface area contributed by atoms with Gasteiger partial charge in [0, 0.05) is 12.8 Å². The summed E-state index contributed by atoms with van der Waals surface area (Å²) in [5.41, 5.74) is 0. The highest BCUT2D eigenvalue weighted by molar-refractivity contribution is 5.76. The molecule has 0 aliphatic carbocycles. The lowest BCUT2D eigenvalue weighted by molar-refractivity contribution is -0.143. The van der Waals surface area contributed by atoms with Crippen molar-refractivity contribution < 1.29 is 24.5 Å². The van der Waals surface area contributed by atoms with Gasteiger partial charge in [-0.05, 0) is 51.4 Å². The zero-order valence-corrected chi connectivity index (χ0v) is 43.3. The quantitative estimate of drug-likeness (QED) is 0.0321. The molecule has 0 fully saturated rings. The average Bonchev–Trinajstić information content (AvgIpc) is 3.29. The second-order valence-corrected chi connectivity index (χ2v) is 20.0. The third kappa shape index (κ3) is 50.0. The summed E-state index contributed by atoms with van der Waals surface area (Å²) in [5, 5.41) is 23.3. The molecule has 0 bridgehead atoms. The summed E-state index contributed by atoms with van der Waals surface area (Å²) in [6.45, 7) is 4.95. The van der Waals surface area contributed by atoms with E-state index in [1.807, 2.05) is 0 Å². The van der Waals surface area contributed by atoms with Crippen LogP contribution in [0.5, 0.6) is 0 Å². The van der Waals surface area contributed by atoms with E-state index in [4.69, 9.17) is 4.74 Å². The molecule has 0 aromatic heterocycles. The Balaban J connectivity index is 3.44. The predicted octanol–water partition coefficient (Wildman–Crippen LogP) is 17.7. The normalized spacial score (nSPS) is 12.6. The predicted molar refractivity (Wildman–Crippen MR) is 278 cm³/mol. The van der Waals surface area contributed by atoms with E-state index >= 15 is 0 Å². The molecule has 0 aromatic rings. The maximum Gasteiger partial charge on any atom is 0.305 e. The topological polar surface area (TPSA) is 95.9 Å². The maximum absolute atomic E-state index is 12.5. The SMILES string of the molecule is CCCCCCCCCCCCCCCCCC(=O)OCCCCCCCC/C=C\CCCCCCCCCC(=O)NC(CO)C(O)CCCCCCCCCCCCCCCCC. The van der Waals surface area contributed by atoms with Gasteiger partial charge in [0.15, 0.2) is 0 Å². The fourth-order valence-corrected chi connectivity index (χ4v) is 9.11. The van der Waals surface area contributed by atoms with Crippen LogP contribution in [0.4, 0.5) is 0 Å². The molecule has 6 heteroatoms. The number of carbonyl (C=O) groups is 2. The number of hydrogen-bond acceptors (Lipinski definition) is 5. The van der Waals surface area contributed by atoms with Crippen molar-refractivity contribution >= 4 is 11.9 Å². The van der Waals surface area contributed by atoms with E-state index < -0.39 is 12.1 Å². The Hall–Kier alpha value is -1.40. The van der Waals surface area contributed by atoms with Gasteiger partial charge in [0.1, 0.15) is 0 Å². The molecule has 0 aliphatic rings. The smallest absolute Gasteiger partial charge is 0.305 e. The fourth-order valence-electron chi connectivity index (χ4n) is 9.11. The van der Waals surface area contributed by atoms with Gasteiger partial charge >= 0.3 is 5.97 Å². The van der Waals surface area contributed by atoms with Crippen LogP contribution in [0, 0.1) is 0 Å². The number of aliphatic hydroxyl groups excluding tert-OH is 2. The van der Waals surface area contributed by atoms with E-state index in [-0.39, 0.29) is 18.5 Å². The molecular weight excluding hydrogens is 791 g/mol. The summed E-state index contributed by atoms with van der Waals surface area (Å²) in [5.74, 6) is -0.0434. The number of rotatable bonds is 54. The molecular formula is C58H113NO5. The molecule has 0 aromatic carbocycles. The summed E-state index contributed by atoms with van der Waals surface area (Å²) < 4.78 is 5.47. The Kier molecular flexibility index (Phi) is 53.0. The van der Waals surface area contributed by atoms with E-state index in [9.17, 15) is 19.8 Å². The lowest BCUT2D eigenvalue weighted by atomic mass is 10.0. The van der Waals surface area contributed by atoms with Crippen LogP contribution in [0.3, 0.4) is 0 Å². The highest BCUT2D eigenvalue weighted by atomic mass is 16.5. The molecule has 0 saturated heterocycles. The van der Waals surface area contributed by atoms with E-state index in [0.717, 1.165) is 51.4 Å². The zero-order chi connectivity index (χ0) is 46.5. The molecule has 6 nitrogen and oxygen atoms in total. The monoisotopic (exact) mass is 904 g/mol. The summed E-state index contributed by atoms with van der Waals surface area (Å²) in [6.07, 6.45) is 63.4. The average molecular weight is 905 g/mol. The van der Waals surface area contributed by atoms with E-state index in [1.54, 1.807) is 0 Å². The molecule has 2 atom stereocenters. The van der Waals surface area contributed by atoms with E-state index in [0.29, 0.717) is 25.9 Å². The van der Waals surface area contributed by atoms with Crippen LogP contribution >= 0.6 is 0 Å². The summed E-state index contributed by atoms with van der Waals surface area (Å²) >= 11 is 0. The lowest BCUT2D eigenvalue weighted by Crippen LogP contribution is -2.45. The molecule has 380 valence electrons. The van der Waals surface area contributed by atoms with Crippen molar-refractivity contribution in [3.05, 3.63) is 12.2 Å². The maximum atomic E-state index is 12.5. The van der Waals surface area contributed by atoms with Crippen molar-refractivity contribution in [2.75, 3.05) is 13.2 Å². The molecule has 64 heavy (non-hydrogen) atoms. The van der Waals surface area contributed by atoms with Crippen molar-refractivity contribution in [3.8, 4) is 0 Å². The number of nitrogens with one attached hydrogen (secondary N) is 1. The minimum Gasteiger partial charge on any atom is -0.466 e. The van der Waals surface area contributed by atoms with E-state index in [2.05, 4.69) is 31.3 Å². The molecule has 0 heterocycles. The molecule has 0 rings (SSSR count). The third-order valence-electron chi connectivity index (χ3n) is 13.6. The highest BCUT2D eigenvalue weighted by Gasteiger charge is 2.20. The molecule has 3 N–H and O–H groups in total. The number of aliphatic hydroxyl groups is 2. The van der Waals surface area contributed by atoms with Gasteiger partial charge in [0.2, 0.25) is 5.91 Å². The van der Waals surface area contributed by atoms with Crippen molar-refractivity contribution in [1.82, 2.24) is 5.32 Å². The summed E-state index contributed by atoms with van der Waals surface area (Å²) in [6, 6.07) is -0.549. The van der Waals surface area contributed by atoms with Gasteiger partial charge in [0.25, 0.3) is 0 Å². The number of amides is 1. The molecule has 1 amide bonds. The molecule has 0 spiro atoms. The Morgan fingerprint density at radius 1 is 0.422 bits per heavy atom. The van der Waals surface area contributed by atoms with Crippen molar-refractivity contribution in [2.45, 2.75) is 334 Å². The van der Waals surface area contributed by atoms with Crippen LogP contribution in [0.15, 0.2) is 12.2 Å². The second kappa shape index (κ2) is 54.2. The number of esters is 1. The van der Waals surface area contributed by atoms with Gasteiger partial charge in [0.05, 0.1) is 25.4 Å². The first-order valence-electron chi connectivity index (χ1n) is 28.9. The van der Waals surface area contributed by atoms with Crippen LogP contribution in [0.2, 0.25) is 0 Å². The summed E-state index contributed by atoms with van der Waals surface area (Å²) in [7, 11) is 0. The highest BCUT2D eigenvalue weighted by Crippen LogP contribution is 2.17. The number of carbonyl (C=O) groups excluding carboxylic acids is 2. The first kappa shape index (κ1) is 62.6. The van der Waals surface area contributed by atoms with Crippen LogP contribution in [0.1, 0.15) is 322 Å². The Morgan fingerprint density at radius 2 is 0.734 bits per heavy atom. The van der Waals surface area contributed by atoms with Gasteiger partial charge < -0.3 is 20.3 Å². The molecule has 0 aliphatic heterocycles. The largest absolute Gasteiger partial charge is 0.466 e. The Morgan fingerprint density at radius 3 is 1.11 bits per heavy atom. The Bertz CT molecular complexity index is 955. The van der Waals surface area contributed by atoms with Gasteiger partial charge in [-0.25, -0.2) is 0 Å². The van der Waals surface area contributed by atoms with Crippen LogP contribution in [-0.4, -0.2) is 47.4 Å². The fraction of sp³-hybridized carbons (Fsp3) is 0.931. The molecule has 0 radical (unpaired) electrons. The van der Waals surface area contributed by atoms with Gasteiger partial charge in [-0.1, -0.05) is 270 Å². The number of allylic oxidation sites excluding steroid dienone is 2. The third-order valence-corrected chi connectivity index (χ3v) is 13.6. The van der Waals surface area contributed by atoms with Crippen molar-refractivity contribution in [3.63, 3.8) is 0 Å². The zero-order valence-electron chi connectivity index (χ0n) is 43.3. The van der Waals surface area contributed by atoms with Crippen LogP contribution in [-0.2, 0) is 14.3 Å². The van der Waals surface area contributed by atoms with Crippen LogP contribution < -0.4 is 5.32 Å². The second-order valence-electron chi connectivity index (χ2n) is 20.0. The van der Waals surface area contributed by atoms with Crippen molar-refractivity contribution in [1.29, 1.82) is 0 Å². The van der Waals surface area contributed by atoms with Gasteiger partial charge in [-0.2, -0.15) is 0 Å². The van der Waals surface area contributed by atoms with Gasteiger partial charge in [-0.3, -0.25) is 9.59 Å². The molecule has 0 saturated carbocycles. The van der Waals surface area contributed by atoms with E-state index in [1.165, 1.54) is 238 Å². The Labute approximate surface area is 399 Å².